The van der Waals surface area contributed by atoms with Gasteiger partial charge in [0.15, 0.2) is 0 Å². The lowest BCUT2D eigenvalue weighted by Crippen LogP contribution is -2.53. The number of rotatable bonds is 5. The van der Waals surface area contributed by atoms with E-state index in [9.17, 15) is 4.79 Å². The highest BCUT2D eigenvalue weighted by molar-refractivity contribution is 5.78. The Bertz CT molecular complexity index is 247. The highest BCUT2D eigenvalue weighted by Crippen LogP contribution is 2.16. The fourth-order valence-electron chi connectivity index (χ4n) is 1.50. The summed E-state index contributed by atoms with van der Waals surface area (Å²) in [5.41, 5.74) is 0.00719. The zero-order valence-electron chi connectivity index (χ0n) is 11.1. The largest absolute Gasteiger partial charge is 0.354 e. The topological polar surface area (TPSA) is 44.4 Å². The zero-order chi connectivity index (χ0) is 12.3. The third-order valence-electron chi connectivity index (χ3n) is 3.84. The lowest BCUT2D eigenvalue weighted by atomic mass is 9.88. The number of hydrogen-bond donors (Lipinski definition) is 2. The van der Waals surface area contributed by atoms with Gasteiger partial charge in [-0.15, -0.1) is 0 Å². The molecule has 1 saturated heterocycles. The number of likely N-dealkylation sites (N-methyl/N-ethyl adjacent to an activating group) is 1. The Morgan fingerprint density at radius 2 is 2.06 bits per heavy atom. The molecule has 1 unspecified atom stereocenters. The molecular formula is C12H25N3O. The zero-order valence-corrected chi connectivity index (χ0v) is 11.1. The number of carbonyl (C=O) groups excluding carboxylic acids is 1. The van der Waals surface area contributed by atoms with Crippen molar-refractivity contribution in [1.82, 2.24) is 15.5 Å². The molecule has 0 spiro atoms. The van der Waals surface area contributed by atoms with Gasteiger partial charge in [-0.25, -0.2) is 0 Å². The first kappa shape index (κ1) is 13.5. The molecule has 1 heterocycles. The molecule has 1 aliphatic rings. The predicted octanol–water partition coefficient (Wildman–Crippen LogP) is 0.298. The Kier molecular flexibility index (Phi) is 4.33. The number of amides is 1. The van der Waals surface area contributed by atoms with Gasteiger partial charge in [-0.1, -0.05) is 6.92 Å². The summed E-state index contributed by atoms with van der Waals surface area (Å²) in [5.74, 6) is 0.822. The van der Waals surface area contributed by atoms with E-state index >= 15 is 0 Å². The van der Waals surface area contributed by atoms with Gasteiger partial charge in [0.1, 0.15) is 0 Å². The number of nitrogens with zero attached hydrogens (tertiary/aromatic N) is 1. The van der Waals surface area contributed by atoms with Crippen LogP contribution in [0.1, 0.15) is 20.8 Å². The first-order valence-corrected chi connectivity index (χ1v) is 6.00. The van der Waals surface area contributed by atoms with E-state index in [0.717, 1.165) is 13.1 Å². The van der Waals surface area contributed by atoms with Crippen LogP contribution in [0.2, 0.25) is 0 Å². The van der Waals surface area contributed by atoms with Gasteiger partial charge in [0, 0.05) is 18.0 Å². The van der Waals surface area contributed by atoms with Gasteiger partial charge in [0.25, 0.3) is 0 Å². The van der Waals surface area contributed by atoms with Crippen molar-refractivity contribution in [3.8, 4) is 0 Å². The summed E-state index contributed by atoms with van der Waals surface area (Å²) in [5, 5.41) is 6.24. The van der Waals surface area contributed by atoms with Crippen LogP contribution in [0.5, 0.6) is 0 Å². The lowest BCUT2D eigenvalue weighted by Gasteiger charge is -2.35. The first-order valence-electron chi connectivity index (χ1n) is 6.00. The molecule has 4 heteroatoms. The van der Waals surface area contributed by atoms with Gasteiger partial charge in [-0.05, 0) is 47.0 Å². The van der Waals surface area contributed by atoms with Crippen molar-refractivity contribution in [1.29, 1.82) is 0 Å². The highest BCUT2D eigenvalue weighted by atomic mass is 16.1. The van der Waals surface area contributed by atoms with E-state index in [4.69, 9.17) is 0 Å². The second-order valence-corrected chi connectivity index (χ2v) is 5.63. The van der Waals surface area contributed by atoms with E-state index < -0.39 is 0 Å². The van der Waals surface area contributed by atoms with Crippen LogP contribution in [0.15, 0.2) is 0 Å². The molecule has 1 fully saturated rings. The van der Waals surface area contributed by atoms with Gasteiger partial charge >= 0.3 is 0 Å². The van der Waals surface area contributed by atoms with E-state index in [1.54, 1.807) is 0 Å². The normalized spacial score (nSPS) is 19.4. The molecule has 0 aromatic heterocycles. The molecule has 1 amide bonds. The van der Waals surface area contributed by atoms with Crippen LogP contribution >= 0.6 is 0 Å². The van der Waals surface area contributed by atoms with E-state index in [0.29, 0.717) is 12.5 Å². The molecule has 4 nitrogen and oxygen atoms in total. The average Bonchev–Trinajstić information content (AvgIpc) is 2.11. The minimum absolute atomic E-state index is 0.00719. The second kappa shape index (κ2) is 5.15. The third-order valence-corrected chi connectivity index (χ3v) is 3.84. The maximum absolute atomic E-state index is 11.9. The molecule has 2 N–H and O–H groups in total. The van der Waals surface area contributed by atoms with Crippen molar-refractivity contribution in [2.24, 2.45) is 11.8 Å². The van der Waals surface area contributed by atoms with E-state index in [-0.39, 0.29) is 17.4 Å². The fraction of sp³-hybridized carbons (Fsp3) is 0.917. The summed E-state index contributed by atoms with van der Waals surface area (Å²) < 4.78 is 0. The van der Waals surface area contributed by atoms with Gasteiger partial charge in [0.2, 0.25) is 5.91 Å². The molecular weight excluding hydrogens is 202 g/mol. The van der Waals surface area contributed by atoms with E-state index in [2.05, 4.69) is 29.4 Å². The van der Waals surface area contributed by atoms with Crippen molar-refractivity contribution in [2.45, 2.75) is 26.3 Å². The van der Waals surface area contributed by atoms with Gasteiger partial charge in [-0.3, -0.25) is 4.79 Å². The standard InChI is InChI=1S/C12H25N3O/c1-9(10-6-13-7-10)11(16)14-8-12(2,3)15(4)5/h9-10,13H,6-8H2,1-5H3,(H,14,16). The Hall–Kier alpha value is -0.610. The quantitative estimate of drug-likeness (QED) is 0.710. The van der Waals surface area contributed by atoms with Crippen molar-refractivity contribution in [3.63, 3.8) is 0 Å². The predicted molar refractivity (Wildman–Crippen MR) is 66.3 cm³/mol. The summed E-state index contributed by atoms with van der Waals surface area (Å²) in [6.45, 7) is 8.93. The molecule has 0 saturated carbocycles. The molecule has 0 aromatic rings. The maximum Gasteiger partial charge on any atom is 0.223 e. The second-order valence-electron chi connectivity index (χ2n) is 5.63. The summed E-state index contributed by atoms with van der Waals surface area (Å²) in [4.78, 5) is 14.0. The molecule has 0 radical (unpaired) electrons. The van der Waals surface area contributed by atoms with Gasteiger partial charge in [0.05, 0.1) is 0 Å². The van der Waals surface area contributed by atoms with E-state index in [1.165, 1.54) is 0 Å². The molecule has 0 bridgehead atoms. The van der Waals surface area contributed by atoms with Crippen molar-refractivity contribution < 1.29 is 4.79 Å². The smallest absolute Gasteiger partial charge is 0.223 e. The Labute approximate surface area is 98.8 Å². The minimum Gasteiger partial charge on any atom is -0.354 e. The molecule has 1 rings (SSSR count). The molecule has 16 heavy (non-hydrogen) atoms. The number of hydrogen-bond acceptors (Lipinski definition) is 3. The molecule has 0 aliphatic carbocycles. The Morgan fingerprint density at radius 1 is 1.50 bits per heavy atom. The summed E-state index contributed by atoms with van der Waals surface area (Å²) in [6, 6.07) is 0. The average molecular weight is 227 g/mol. The fourth-order valence-corrected chi connectivity index (χ4v) is 1.50. The van der Waals surface area contributed by atoms with Crippen LogP contribution in [0.25, 0.3) is 0 Å². The van der Waals surface area contributed by atoms with Crippen molar-refractivity contribution >= 4 is 5.91 Å². The minimum atomic E-state index is 0.00719. The highest BCUT2D eigenvalue weighted by Gasteiger charge is 2.30. The maximum atomic E-state index is 11.9. The molecule has 94 valence electrons. The van der Waals surface area contributed by atoms with Crippen LogP contribution in [0, 0.1) is 11.8 Å². The van der Waals surface area contributed by atoms with Crippen LogP contribution in [-0.4, -0.2) is 50.1 Å². The van der Waals surface area contributed by atoms with E-state index in [1.807, 2.05) is 21.0 Å². The summed E-state index contributed by atoms with van der Waals surface area (Å²) in [7, 11) is 4.07. The van der Waals surface area contributed by atoms with Crippen LogP contribution < -0.4 is 10.6 Å². The number of carbonyl (C=O) groups is 1. The first-order chi connectivity index (χ1) is 7.34. The SMILES string of the molecule is CC(C(=O)NCC(C)(C)N(C)C)C1CNC1. The van der Waals surface area contributed by atoms with Gasteiger partial charge in [-0.2, -0.15) is 0 Å². The monoisotopic (exact) mass is 227 g/mol. The van der Waals surface area contributed by atoms with Crippen LogP contribution in [-0.2, 0) is 4.79 Å². The Balaban J connectivity index is 2.34. The molecule has 1 atom stereocenters. The molecule has 1 aliphatic heterocycles. The number of nitrogens with one attached hydrogen (secondary N) is 2. The third kappa shape index (κ3) is 3.19. The van der Waals surface area contributed by atoms with Crippen LogP contribution in [0.4, 0.5) is 0 Å². The molecule has 0 aromatic carbocycles. The van der Waals surface area contributed by atoms with Gasteiger partial charge < -0.3 is 15.5 Å². The Morgan fingerprint density at radius 3 is 2.44 bits per heavy atom. The van der Waals surface area contributed by atoms with Crippen molar-refractivity contribution in [2.75, 3.05) is 33.7 Å². The van der Waals surface area contributed by atoms with Crippen molar-refractivity contribution in [3.05, 3.63) is 0 Å². The lowest BCUT2D eigenvalue weighted by molar-refractivity contribution is -0.127. The van der Waals surface area contributed by atoms with Crippen LogP contribution in [0.3, 0.4) is 0 Å². The summed E-state index contributed by atoms with van der Waals surface area (Å²) >= 11 is 0. The summed E-state index contributed by atoms with van der Waals surface area (Å²) in [6.07, 6.45) is 0.